The molecule has 1 aromatic heterocycles. The first-order chi connectivity index (χ1) is 12.2. The van der Waals surface area contributed by atoms with Gasteiger partial charge in [0.25, 0.3) is 5.91 Å². The van der Waals surface area contributed by atoms with Gasteiger partial charge in [-0.15, -0.1) is 0 Å². The molecule has 0 saturated heterocycles. The summed E-state index contributed by atoms with van der Waals surface area (Å²) < 4.78 is 4.60. The van der Waals surface area contributed by atoms with Crippen molar-refractivity contribution in [3.05, 3.63) is 48.2 Å². The van der Waals surface area contributed by atoms with E-state index in [4.69, 9.17) is 0 Å². The zero-order chi connectivity index (χ0) is 17.9. The fraction of sp³-hybridized carbons (Fsp3) is 0.421. The second-order valence-electron chi connectivity index (χ2n) is 6.06. The Hall–Kier alpha value is -2.47. The molecule has 0 aliphatic heterocycles. The number of aliphatic hydroxyl groups is 1. The summed E-state index contributed by atoms with van der Waals surface area (Å²) in [5, 5.41) is 15.2. The first-order valence-corrected chi connectivity index (χ1v) is 8.58. The molecule has 2 N–H and O–H groups in total. The average Bonchev–Trinajstić information content (AvgIpc) is 3.13. The number of carbonyl (C=O) groups excluding carboxylic acids is 2. The SMILES string of the molecule is O=C(CCCC(CCO)CCc1ccccc1)C(=O)Nc1ccon1. The van der Waals surface area contributed by atoms with Gasteiger partial charge in [-0.25, -0.2) is 0 Å². The predicted molar refractivity (Wildman–Crippen MR) is 93.9 cm³/mol. The van der Waals surface area contributed by atoms with Gasteiger partial charge in [-0.2, -0.15) is 0 Å². The Morgan fingerprint density at radius 1 is 1.12 bits per heavy atom. The molecule has 0 aliphatic rings. The lowest BCUT2D eigenvalue weighted by Crippen LogP contribution is -2.22. The van der Waals surface area contributed by atoms with E-state index in [1.165, 1.54) is 17.9 Å². The maximum atomic E-state index is 11.9. The zero-order valence-corrected chi connectivity index (χ0v) is 14.2. The Morgan fingerprint density at radius 2 is 1.92 bits per heavy atom. The topological polar surface area (TPSA) is 92.4 Å². The highest BCUT2D eigenvalue weighted by molar-refractivity contribution is 6.40. The van der Waals surface area contributed by atoms with E-state index in [-0.39, 0.29) is 18.8 Å². The van der Waals surface area contributed by atoms with Crippen molar-refractivity contribution in [3.8, 4) is 0 Å². The number of hydrogen-bond donors (Lipinski definition) is 2. The predicted octanol–water partition coefficient (Wildman–Crippen LogP) is 2.98. The quantitative estimate of drug-likeness (QED) is 0.611. The number of benzene rings is 1. The van der Waals surface area contributed by atoms with Gasteiger partial charge in [0.2, 0.25) is 5.78 Å². The van der Waals surface area contributed by atoms with Crippen LogP contribution in [0.25, 0.3) is 0 Å². The fourth-order valence-corrected chi connectivity index (χ4v) is 2.76. The number of amides is 1. The van der Waals surface area contributed by atoms with Gasteiger partial charge in [0.15, 0.2) is 5.82 Å². The summed E-state index contributed by atoms with van der Waals surface area (Å²) in [5.74, 6) is -0.554. The van der Waals surface area contributed by atoms with Crippen LogP contribution >= 0.6 is 0 Å². The van der Waals surface area contributed by atoms with E-state index in [0.29, 0.717) is 18.8 Å². The molecule has 6 heteroatoms. The molecule has 6 nitrogen and oxygen atoms in total. The van der Waals surface area contributed by atoms with Crippen LogP contribution in [0.5, 0.6) is 0 Å². The Kier molecular flexibility index (Phi) is 7.85. The summed E-state index contributed by atoms with van der Waals surface area (Å²) >= 11 is 0. The molecular weight excluding hydrogens is 320 g/mol. The van der Waals surface area contributed by atoms with Crippen molar-refractivity contribution in [3.63, 3.8) is 0 Å². The summed E-state index contributed by atoms with van der Waals surface area (Å²) in [6.07, 6.45) is 5.59. The normalized spacial score (nSPS) is 11.9. The smallest absolute Gasteiger partial charge is 0.292 e. The monoisotopic (exact) mass is 344 g/mol. The molecule has 2 rings (SSSR count). The van der Waals surface area contributed by atoms with E-state index in [1.807, 2.05) is 18.2 Å². The van der Waals surface area contributed by atoms with Crippen LogP contribution in [-0.2, 0) is 16.0 Å². The highest BCUT2D eigenvalue weighted by Crippen LogP contribution is 2.19. The van der Waals surface area contributed by atoms with Crippen LogP contribution in [0.2, 0.25) is 0 Å². The Balaban J connectivity index is 1.70. The first-order valence-electron chi connectivity index (χ1n) is 8.58. The molecule has 2 aromatic rings. The van der Waals surface area contributed by atoms with Crippen molar-refractivity contribution >= 4 is 17.5 Å². The molecule has 1 aromatic carbocycles. The van der Waals surface area contributed by atoms with Gasteiger partial charge in [0.1, 0.15) is 6.26 Å². The zero-order valence-electron chi connectivity index (χ0n) is 14.2. The molecule has 0 aliphatic carbocycles. The number of rotatable bonds is 11. The van der Waals surface area contributed by atoms with Crippen LogP contribution in [0, 0.1) is 5.92 Å². The second-order valence-corrected chi connectivity index (χ2v) is 6.06. The molecule has 1 amide bonds. The van der Waals surface area contributed by atoms with Crippen molar-refractivity contribution in [2.45, 2.75) is 38.5 Å². The van der Waals surface area contributed by atoms with Gasteiger partial charge < -0.3 is 14.9 Å². The number of aliphatic hydroxyl groups excluding tert-OH is 1. The van der Waals surface area contributed by atoms with Crippen molar-refractivity contribution < 1.29 is 19.2 Å². The molecule has 1 unspecified atom stereocenters. The highest BCUT2D eigenvalue weighted by Gasteiger charge is 2.16. The molecule has 1 heterocycles. The van der Waals surface area contributed by atoms with Gasteiger partial charge in [-0.3, -0.25) is 9.59 Å². The van der Waals surface area contributed by atoms with Gasteiger partial charge in [0, 0.05) is 19.1 Å². The Labute approximate surface area is 147 Å². The third-order valence-electron chi connectivity index (χ3n) is 4.17. The third-order valence-corrected chi connectivity index (χ3v) is 4.17. The number of Topliss-reactive ketones (excluding diaryl/α,β-unsaturated/α-hetero) is 1. The number of ketones is 1. The highest BCUT2D eigenvalue weighted by atomic mass is 16.5. The first kappa shape index (κ1) is 18.9. The standard InChI is InChI=1S/C19H24N2O4/c22-13-11-16(10-9-15-5-2-1-3-6-15)7-4-8-17(23)19(24)20-18-12-14-25-21-18/h1-3,5-6,12,14,16,22H,4,7-11,13H2,(H,20,21,24). The van der Waals surface area contributed by atoms with E-state index < -0.39 is 11.7 Å². The van der Waals surface area contributed by atoms with E-state index in [2.05, 4.69) is 27.1 Å². The van der Waals surface area contributed by atoms with Crippen LogP contribution in [0.4, 0.5) is 5.82 Å². The van der Waals surface area contributed by atoms with E-state index >= 15 is 0 Å². The summed E-state index contributed by atoms with van der Waals surface area (Å²) in [5.41, 5.74) is 1.27. The number of hydrogen-bond acceptors (Lipinski definition) is 5. The minimum atomic E-state index is -0.670. The third kappa shape index (κ3) is 6.89. The lowest BCUT2D eigenvalue weighted by molar-refractivity contribution is -0.134. The lowest BCUT2D eigenvalue weighted by Gasteiger charge is -2.15. The molecule has 134 valence electrons. The van der Waals surface area contributed by atoms with E-state index in [1.54, 1.807) is 0 Å². The average molecular weight is 344 g/mol. The van der Waals surface area contributed by atoms with Crippen LogP contribution < -0.4 is 5.32 Å². The molecule has 0 spiro atoms. The lowest BCUT2D eigenvalue weighted by atomic mass is 9.91. The number of aryl methyl sites for hydroxylation is 1. The van der Waals surface area contributed by atoms with Crippen LogP contribution in [0.15, 0.2) is 47.2 Å². The largest absolute Gasteiger partial charge is 0.396 e. The second kappa shape index (κ2) is 10.4. The van der Waals surface area contributed by atoms with Gasteiger partial charge in [-0.1, -0.05) is 35.5 Å². The molecule has 1 atom stereocenters. The van der Waals surface area contributed by atoms with Crippen LogP contribution in [-0.4, -0.2) is 28.6 Å². The van der Waals surface area contributed by atoms with Gasteiger partial charge in [-0.05, 0) is 43.6 Å². The number of aromatic nitrogens is 1. The van der Waals surface area contributed by atoms with Crippen molar-refractivity contribution in [2.75, 3.05) is 11.9 Å². The molecule has 0 fully saturated rings. The minimum Gasteiger partial charge on any atom is -0.396 e. The molecular formula is C19H24N2O4. The maximum Gasteiger partial charge on any atom is 0.292 e. The Bertz CT molecular complexity index is 641. The number of nitrogens with one attached hydrogen (secondary N) is 1. The molecule has 0 radical (unpaired) electrons. The molecule has 0 bridgehead atoms. The van der Waals surface area contributed by atoms with Crippen LogP contribution in [0.1, 0.15) is 37.7 Å². The number of carbonyl (C=O) groups is 2. The minimum absolute atomic E-state index is 0.139. The van der Waals surface area contributed by atoms with Gasteiger partial charge >= 0.3 is 0 Å². The summed E-state index contributed by atoms with van der Waals surface area (Å²) in [4.78, 5) is 23.6. The number of nitrogens with zero attached hydrogens (tertiary/aromatic N) is 1. The fourth-order valence-electron chi connectivity index (χ4n) is 2.76. The van der Waals surface area contributed by atoms with Crippen molar-refractivity contribution in [1.82, 2.24) is 5.16 Å². The molecule has 0 saturated carbocycles. The summed E-state index contributed by atoms with van der Waals surface area (Å²) in [7, 11) is 0. The summed E-state index contributed by atoms with van der Waals surface area (Å²) in [6.45, 7) is 0.139. The maximum absolute atomic E-state index is 11.9. The van der Waals surface area contributed by atoms with Gasteiger partial charge in [0.05, 0.1) is 0 Å². The van der Waals surface area contributed by atoms with E-state index in [0.717, 1.165) is 19.3 Å². The van der Waals surface area contributed by atoms with Crippen LogP contribution in [0.3, 0.4) is 0 Å². The Morgan fingerprint density at radius 3 is 2.60 bits per heavy atom. The molecule has 25 heavy (non-hydrogen) atoms. The van der Waals surface area contributed by atoms with Crippen molar-refractivity contribution in [2.24, 2.45) is 5.92 Å². The number of anilines is 1. The van der Waals surface area contributed by atoms with Crippen molar-refractivity contribution in [1.29, 1.82) is 0 Å². The summed E-state index contributed by atoms with van der Waals surface area (Å²) in [6, 6.07) is 11.7. The van der Waals surface area contributed by atoms with E-state index in [9.17, 15) is 14.7 Å².